The fraction of sp³-hybridized carbons (Fsp3) is 0.250. The van der Waals surface area contributed by atoms with Crippen molar-refractivity contribution in [2.45, 2.75) is 19.1 Å². The number of nitrogens with one attached hydrogen (secondary N) is 1. The summed E-state index contributed by atoms with van der Waals surface area (Å²) in [6.45, 7) is 1.57. The Bertz CT molecular complexity index is 639. The van der Waals surface area contributed by atoms with Crippen LogP contribution in [0.15, 0.2) is 36.4 Å². The molecule has 0 saturated carbocycles. The zero-order valence-electron chi connectivity index (χ0n) is 11.8. The topological polar surface area (TPSA) is 32.3 Å². The number of aliphatic hydroxyl groups is 1. The lowest BCUT2D eigenvalue weighted by molar-refractivity contribution is 0.166. The summed E-state index contributed by atoms with van der Waals surface area (Å²) in [4.78, 5) is 0. The summed E-state index contributed by atoms with van der Waals surface area (Å²) in [5, 5.41) is 12.8. The van der Waals surface area contributed by atoms with Crippen molar-refractivity contribution >= 4 is 0 Å². The summed E-state index contributed by atoms with van der Waals surface area (Å²) in [6.07, 6.45) is -1.11. The minimum atomic E-state index is -1.53. The molecule has 2 N–H and O–H groups in total. The van der Waals surface area contributed by atoms with Gasteiger partial charge in [0.2, 0.25) is 0 Å². The first kappa shape index (κ1) is 16.5. The van der Waals surface area contributed by atoms with Crippen LogP contribution in [-0.2, 0) is 0 Å². The average molecular weight is 313 g/mol. The maximum absolute atomic E-state index is 13.5. The van der Waals surface area contributed by atoms with Crippen LogP contribution in [0.4, 0.5) is 17.6 Å². The van der Waals surface area contributed by atoms with E-state index in [4.69, 9.17) is 0 Å². The Hall–Kier alpha value is -1.92. The van der Waals surface area contributed by atoms with Gasteiger partial charge >= 0.3 is 0 Å². The van der Waals surface area contributed by atoms with Gasteiger partial charge in [0.05, 0.1) is 6.10 Å². The molecule has 0 radical (unpaired) electrons. The Morgan fingerprint density at radius 3 is 2.18 bits per heavy atom. The molecule has 118 valence electrons. The van der Waals surface area contributed by atoms with E-state index in [-0.39, 0.29) is 17.7 Å². The first-order valence-corrected chi connectivity index (χ1v) is 6.70. The molecule has 0 heterocycles. The Kier molecular flexibility index (Phi) is 5.15. The number of hydrogen-bond acceptors (Lipinski definition) is 2. The third-order valence-corrected chi connectivity index (χ3v) is 3.39. The van der Waals surface area contributed by atoms with Crippen LogP contribution in [0.25, 0.3) is 0 Å². The van der Waals surface area contributed by atoms with Crippen LogP contribution in [0, 0.1) is 23.3 Å². The van der Waals surface area contributed by atoms with Gasteiger partial charge in [-0.2, -0.15) is 0 Å². The zero-order valence-corrected chi connectivity index (χ0v) is 11.8. The standard InChI is InChI=1S/C16H15F4NO/c1-9(10-6-13(18)16(20)14(19)7-10)21-8-15(22)11-4-2-3-5-12(11)17/h2-7,9,15,21-22H,8H2,1H3. The maximum atomic E-state index is 13.5. The third kappa shape index (κ3) is 3.64. The van der Waals surface area contributed by atoms with E-state index in [0.717, 1.165) is 12.1 Å². The highest BCUT2D eigenvalue weighted by molar-refractivity contribution is 5.23. The van der Waals surface area contributed by atoms with Gasteiger partial charge in [0.25, 0.3) is 0 Å². The minimum Gasteiger partial charge on any atom is -0.387 e. The second-order valence-corrected chi connectivity index (χ2v) is 4.97. The first-order chi connectivity index (χ1) is 10.4. The van der Waals surface area contributed by atoms with Gasteiger partial charge in [-0.25, -0.2) is 17.6 Å². The van der Waals surface area contributed by atoms with Crippen molar-refractivity contribution in [2.24, 2.45) is 0 Å². The number of benzene rings is 2. The van der Waals surface area contributed by atoms with Gasteiger partial charge in [0, 0.05) is 18.2 Å². The van der Waals surface area contributed by atoms with Crippen molar-refractivity contribution in [1.82, 2.24) is 5.32 Å². The van der Waals surface area contributed by atoms with Crippen molar-refractivity contribution in [2.75, 3.05) is 6.54 Å². The summed E-state index contributed by atoms with van der Waals surface area (Å²) in [5.41, 5.74) is 0.316. The molecule has 0 fully saturated rings. The van der Waals surface area contributed by atoms with Gasteiger partial charge < -0.3 is 10.4 Å². The smallest absolute Gasteiger partial charge is 0.194 e. The highest BCUT2D eigenvalue weighted by Crippen LogP contribution is 2.21. The lowest BCUT2D eigenvalue weighted by atomic mass is 10.1. The minimum absolute atomic E-state index is 0.0251. The Morgan fingerprint density at radius 2 is 1.59 bits per heavy atom. The van der Waals surface area contributed by atoms with Crippen molar-refractivity contribution in [1.29, 1.82) is 0 Å². The summed E-state index contributed by atoms with van der Waals surface area (Å²) >= 11 is 0. The molecule has 0 aliphatic heterocycles. The van der Waals surface area contributed by atoms with Crippen LogP contribution in [0.5, 0.6) is 0 Å². The Morgan fingerprint density at radius 1 is 1.00 bits per heavy atom. The first-order valence-electron chi connectivity index (χ1n) is 6.70. The molecular weight excluding hydrogens is 298 g/mol. The molecule has 0 saturated heterocycles. The number of rotatable bonds is 5. The molecule has 0 bridgehead atoms. The molecule has 0 amide bonds. The third-order valence-electron chi connectivity index (χ3n) is 3.39. The molecule has 6 heteroatoms. The molecule has 2 rings (SSSR count). The zero-order chi connectivity index (χ0) is 16.3. The fourth-order valence-electron chi connectivity index (χ4n) is 2.09. The van der Waals surface area contributed by atoms with Gasteiger partial charge in [-0.3, -0.25) is 0 Å². The molecule has 0 aliphatic carbocycles. The van der Waals surface area contributed by atoms with Gasteiger partial charge in [-0.15, -0.1) is 0 Å². The lowest BCUT2D eigenvalue weighted by Crippen LogP contribution is -2.25. The lowest BCUT2D eigenvalue weighted by Gasteiger charge is -2.18. The predicted octanol–water partition coefficient (Wildman–Crippen LogP) is 3.63. The molecular formula is C16H15F4NO. The molecule has 22 heavy (non-hydrogen) atoms. The summed E-state index contributed by atoms with van der Waals surface area (Å²) in [5.74, 6) is -4.62. The molecule has 0 aliphatic rings. The molecule has 0 spiro atoms. The number of halogens is 4. The van der Waals surface area contributed by atoms with E-state index in [1.807, 2.05) is 0 Å². The molecule has 2 atom stereocenters. The molecule has 2 unspecified atom stereocenters. The van der Waals surface area contributed by atoms with E-state index < -0.39 is 35.4 Å². The summed E-state index contributed by atoms with van der Waals surface area (Å²) < 4.78 is 52.8. The quantitative estimate of drug-likeness (QED) is 0.653. The SMILES string of the molecule is CC(NCC(O)c1ccccc1F)c1cc(F)c(F)c(F)c1. The molecule has 0 aromatic heterocycles. The predicted molar refractivity (Wildman–Crippen MR) is 74.1 cm³/mol. The van der Waals surface area contributed by atoms with Gasteiger partial charge in [-0.05, 0) is 30.7 Å². The number of hydrogen-bond donors (Lipinski definition) is 2. The van der Waals surface area contributed by atoms with Crippen LogP contribution in [0.3, 0.4) is 0 Å². The van der Waals surface area contributed by atoms with Crippen LogP contribution in [0.1, 0.15) is 30.2 Å². The largest absolute Gasteiger partial charge is 0.387 e. The van der Waals surface area contributed by atoms with Gasteiger partial charge in [0.1, 0.15) is 5.82 Å². The Labute approximate surface area is 125 Å². The van der Waals surface area contributed by atoms with E-state index in [0.29, 0.717) is 0 Å². The van der Waals surface area contributed by atoms with Gasteiger partial charge in [-0.1, -0.05) is 18.2 Å². The van der Waals surface area contributed by atoms with E-state index in [1.165, 1.54) is 18.2 Å². The van der Waals surface area contributed by atoms with Gasteiger partial charge in [0.15, 0.2) is 17.5 Å². The van der Waals surface area contributed by atoms with Crippen molar-refractivity contribution in [3.63, 3.8) is 0 Å². The van der Waals surface area contributed by atoms with E-state index >= 15 is 0 Å². The fourth-order valence-corrected chi connectivity index (χ4v) is 2.09. The second kappa shape index (κ2) is 6.89. The van der Waals surface area contributed by atoms with Crippen LogP contribution in [-0.4, -0.2) is 11.7 Å². The molecule has 2 aromatic rings. The van der Waals surface area contributed by atoms with E-state index in [9.17, 15) is 22.7 Å². The van der Waals surface area contributed by atoms with Crippen LogP contribution < -0.4 is 5.32 Å². The number of aliphatic hydroxyl groups excluding tert-OH is 1. The maximum Gasteiger partial charge on any atom is 0.194 e. The second-order valence-electron chi connectivity index (χ2n) is 4.97. The van der Waals surface area contributed by atoms with E-state index in [2.05, 4.69) is 5.32 Å². The summed E-state index contributed by atoms with van der Waals surface area (Å²) in [7, 11) is 0. The van der Waals surface area contributed by atoms with Crippen molar-refractivity contribution in [3.05, 3.63) is 70.8 Å². The highest BCUT2D eigenvalue weighted by Gasteiger charge is 2.17. The van der Waals surface area contributed by atoms with Crippen molar-refractivity contribution in [3.8, 4) is 0 Å². The monoisotopic (exact) mass is 313 g/mol. The van der Waals surface area contributed by atoms with E-state index in [1.54, 1.807) is 13.0 Å². The Balaban J connectivity index is 2.04. The van der Waals surface area contributed by atoms with Crippen molar-refractivity contribution < 1.29 is 22.7 Å². The molecule has 2 nitrogen and oxygen atoms in total. The summed E-state index contributed by atoms with van der Waals surface area (Å²) in [6, 6.07) is 6.99. The van der Waals surface area contributed by atoms with Crippen LogP contribution >= 0.6 is 0 Å². The average Bonchev–Trinajstić information content (AvgIpc) is 2.49. The normalized spacial score (nSPS) is 13.9. The molecule has 2 aromatic carbocycles. The van der Waals surface area contributed by atoms with Crippen LogP contribution in [0.2, 0.25) is 0 Å². The highest BCUT2D eigenvalue weighted by atomic mass is 19.2.